The van der Waals surface area contributed by atoms with Gasteiger partial charge in [-0.05, 0) is 44.0 Å². The molecule has 166 valence electrons. The molecule has 3 aromatic heterocycles. The number of amides is 1. The summed E-state index contributed by atoms with van der Waals surface area (Å²) in [4.78, 5) is 30.4. The molecule has 6 heteroatoms. The van der Waals surface area contributed by atoms with E-state index in [1.165, 1.54) is 0 Å². The zero-order chi connectivity index (χ0) is 23.1. The maximum absolute atomic E-state index is 13.5. The molecule has 1 amide bonds. The number of allylic oxidation sites excluding steroid dienone is 1. The molecule has 0 radical (unpaired) electrons. The zero-order valence-electron chi connectivity index (χ0n) is 18.7. The van der Waals surface area contributed by atoms with Gasteiger partial charge in [-0.25, -0.2) is 0 Å². The summed E-state index contributed by atoms with van der Waals surface area (Å²) in [5, 5.41) is 6.26. The Morgan fingerprint density at radius 3 is 2.73 bits per heavy atom. The van der Waals surface area contributed by atoms with Gasteiger partial charge in [-0.2, -0.15) is 0 Å². The van der Waals surface area contributed by atoms with Crippen LogP contribution in [-0.4, -0.2) is 27.9 Å². The van der Waals surface area contributed by atoms with E-state index in [0.717, 1.165) is 44.7 Å². The van der Waals surface area contributed by atoms with Crippen molar-refractivity contribution in [2.24, 2.45) is 0 Å². The molecule has 0 aliphatic heterocycles. The lowest BCUT2D eigenvalue weighted by Gasteiger charge is -2.14. The number of ether oxygens (including phenoxy) is 1. The molecule has 0 aliphatic rings. The van der Waals surface area contributed by atoms with Gasteiger partial charge < -0.3 is 10.1 Å². The molecule has 0 bridgehead atoms. The zero-order valence-corrected chi connectivity index (χ0v) is 18.7. The van der Waals surface area contributed by atoms with Crippen LogP contribution in [0, 0.1) is 0 Å². The minimum atomic E-state index is -0.161. The number of nitrogens with zero attached hydrogens (tertiary/aromatic N) is 2. The van der Waals surface area contributed by atoms with Crippen LogP contribution in [0.5, 0.6) is 5.75 Å². The van der Waals surface area contributed by atoms with Crippen molar-refractivity contribution in [3.05, 3.63) is 77.2 Å². The Bertz CT molecular complexity index is 1590. The topological polar surface area (TPSA) is 72.7 Å². The first-order chi connectivity index (χ1) is 16.0. The smallest absolute Gasteiger partial charge is 0.263 e. The number of rotatable bonds is 7. The van der Waals surface area contributed by atoms with E-state index in [9.17, 15) is 9.59 Å². The average molecular weight is 440 g/mol. The lowest BCUT2D eigenvalue weighted by Crippen LogP contribution is -2.35. The SMILES string of the molecule is C=CCc1c(OCC(=O)N[C@H](C)CC)ccc2c1c1ccnc3c4ccccc4c(=O)n2c13. The number of carbonyl (C=O) groups is 1. The third kappa shape index (κ3) is 3.30. The normalized spacial score (nSPS) is 12.5. The molecule has 5 aromatic rings. The van der Waals surface area contributed by atoms with Crippen LogP contribution in [0.4, 0.5) is 0 Å². The number of hydrogen-bond donors (Lipinski definition) is 1. The molecule has 3 heterocycles. The maximum Gasteiger partial charge on any atom is 0.263 e. The first-order valence-electron chi connectivity index (χ1n) is 11.2. The molecule has 1 N–H and O–H groups in total. The molecule has 0 spiro atoms. The molecular weight excluding hydrogens is 414 g/mol. The van der Waals surface area contributed by atoms with Crippen LogP contribution in [0.1, 0.15) is 25.8 Å². The minimum absolute atomic E-state index is 0.0720. The van der Waals surface area contributed by atoms with E-state index in [4.69, 9.17) is 4.74 Å². The molecule has 2 aromatic carbocycles. The number of fused-ring (bicyclic) bond motifs is 5. The first-order valence-corrected chi connectivity index (χ1v) is 11.2. The molecule has 0 aliphatic carbocycles. The summed E-state index contributed by atoms with van der Waals surface area (Å²) < 4.78 is 7.71. The summed E-state index contributed by atoms with van der Waals surface area (Å²) in [6.07, 6.45) is 4.98. The van der Waals surface area contributed by atoms with Gasteiger partial charge in [0.2, 0.25) is 0 Å². The van der Waals surface area contributed by atoms with Gasteiger partial charge in [0, 0.05) is 39.3 Å². The van der Waals surface area contributed by atoms with Crippen LogP contribution < -0.4 is 15.6 Å². The van der Waals surface area contributed by atoms with E-state index in [0.29, 0.717) is 17.6 Å². The Kier molecular flexibility index (Phi) is 5.21. The van der Waals surface area contributed by atoms with Gasteiger partial charge in [0.25, 0.3) is 11.5 Å². The Balaban J connectivity index is 1.75. The van der Waals surface area contributed by atoms with Crippen LogP contribution in [0.2, 0.25) is 0 Å². The Morgan fingerprint density at radius 1 is 1.18 bits per heavy atom. The number of aromatic nitrogens is 2. The highest BCUT2D eigenvalue weighted by atomic mass is 16.5. The van der Waals surface area contributed by atoms with Crippen LogP contribution >= 0.6 is 0 Å². The Labute approximate surface area is 190 Å². The van der Waals surface area contributed by atoms with Crippen molar-refractivity contribution in [3.8, 4) is 5.75 Å². The summed E-state index contributed by atoms with van der Waals surface area (Å²) in [5.41, 5.74) is 3.22. The number of pyridine rings is 2. The standard InChI is InChI=1S/C27H25N3O3/c1-4-8-19-22(33-15-23(31)29-16(3)5-2)12-11-21-24(19)20-13-14-28-25-17-9-6-7-10-18(17)27(32)30(21)26(20)25/h4,6-7,9-14,16H,1,5,8,15H2,2-3H3,(H,29,31)/t16-/m1/s1. The van der Waals surface area contributed by atoms with Gasteiger partial charge in [0.15, 0.2) is 6.61 Å². The number of benzene rings is 2. The average Bonchev–Trinajstić information content (AvgIpc) is 3.17. The van der Waals surface area contributed by atoms with Crippen LogP contribution in [-0.2, 0) is 11.2 Å². The van der Waals surface area contributed by atoms with Gasteiger partial charge in [0.1, 0.15) is 5.75 Å². The van der Waals surface area contributed by atoms with Gasteiger partial charge in [-0.1, -0.05) is 31.2 Å². The van der Waals surface area contributed by atoms with Gasteiger partial charge in [-0.3, -0.25) is 19.0 Å². The largest absolute Gasteiger partial charge is 0.483 e. The molecule has 6 nitrogen and oxygen atoms in total. The fourth-order valence-electron chi connectivity index (χ4n) is 4.55. The predicted octanol–water partition coefficient (Wildman–Crippen LogP) is 4.61. The summed E-state index contributed by atoms with van der Waals surface area (Å²) in [6.45, 7) is 7.82. The second kappa shape index (κ2) is 8.20. The molecule has 5 rings (SSSR count). The van der Waals surface area contributed by atoms with Crippen molar-refractivity contribution in [2.45, 2.75) is 32.7 Å². The Morgan fingerprint density at radius 2 is 1.97 bits per heavy atom. The van der Waals surface area contributed by atoms with E-state index in [1.807, 2.05) is 62.4 Å². The second-order valence-corrected chi connectivity index (χ2v) is 8.34. The van der Waals surface area contributed by atoms with Crippen LogP contribution in [0.15, 0.2) is 66.1 Å². The molecular formula is C27H25N3O3. The van der Waals surface area contributed by atoms with Crippen molar-refractivity contribution in [1.29, 1.82) is 0 Å². The highest BCUT2D eigenvalue weighted by molar-refractivity contribution is 6.19. The van der Waals surface area contributed by atoms with E-state index >= 15 is 0 Å². The fourth-order valence-corrected chi connectivity index (χ4v) is 4.55. The molecule has 0 saturated heterocycles. The highest BCUT2D eigenvalue weighted by Crippen LogP contribution is 2.38. The summed E-state index contributed by atoms with van der Waals surface area (Å²) in [5.74, 6) is 0.454. The maximum atomic E-state index is 13.5. The van der Waals surface area contributed by atoms with E-state index in [1.54, 1.807) is 10.6 Å². The molecule has 33 heavy (non-hydrogen) atoms. The third-order valence-corrected chi connectivity index (χ3v) is 6.25. The monoisotopic (exact) mass is 439 g/mol. The summed E-state index contributed by atoms with van der Waals surface area (Å²) in [7, 11) is 0. The number of nitrogens with one attached hydrogen (secondary N) is 1. The third-order valence-electron chi connectivity index (χ3n) is 6.25. The number of carbonyl (C=O) groups excluding carboxylic acids is 1. The van der Waals surface area contributed by atoms with Crippen molar-refractivity contribution < 1.29 is 9.53 Å². The molecule has 0 fully saturated rings. The van der Waals surface area contributed by atoms with E-state index in [2.05, 4.69) is 16.9 Å². The lowest BCUT2D eigenvalue weighted by atomic mass is 10.0. The summed E-state index contributed by atoms with van der Waals surface area (Å²) in [6, 6.07) is 13.3. The Hall–Kier alpha value is -3.93. The quantitative estimate of drug-likeness (QED) is 0.297. The van der Waals surface area contributed by atoms with Crippen molar-refractivity contribution in [3.63, 3.8) is 0 Å². The number of hydrogen-bond acceptors (Lipinski definition) is 4. The molecule has 0 unspecified atom stereocenters. The van der Waals surface area contributed by atoms with Crippen LogP contribution in [0.25, 0.3) is 38.1 Å². The lowest BCUT2D eigenvalue weighted by molar-refractivity contribution is -0.123. The van der Waals surface area contributed by atoms with Crippen molar-refractivity contribution in [2.75, 3.05) is 6.61 Å². The van der Waals surface area contributed by atoms with Gasteiger partial charge in [0.05, 0.1) is 16.6 Å². The molecule has 1 atom stereocenters. The predicted molar refractivity (Wildman–Crippen MR) is 132 cm³/mol. The van der Waals surface area contributed by atoms with Gasteiger partial charge in [-0.15, -0.1) is 6.58 Å². The van der Waals surface area contributed by atoms with Crippen LogP contribution in [0.3, 0.4) is 0 Å². The van der Waals surface area contributed by atoms with E-state index in [-0.39, 0.29) is 24.1 Å². The second-order valence-electron chi connectivity index (χ2n) is 8.34. The molecule has 0 saturated carbocycles. The fraction of sp³-hybridized carbons (Fsp3) is 0.222. The first kappa shape index (κ1) is 20.9. The minimum Gasteiger partial charge on any atom is -0.483 e. The van der Waals surface area contributed by atoms with Gasteiger partial charge >= 0.3 is 0 Å². The highest BCUT2D eigenvalue weighted by Gasteiger charge is 2.21. The van der Waals surface area contributed by atoms with Crippen molar-refractivity contribution >= 4 is 44.0 Å². The summed E-state index contributed by atoms with van der Waals surface area (Å²) >= 11 is 0. The van der Waals surface area contributed by atoms with E-state index < -0.39 is 0 Å². The van der Waals surface area contributed by atoms with Crippen molar-refractivity contribution in [1.82, 2.24) is 14.7 Å².